The molecule has 224 valence electrons. The van der Waals surface area contributed by atoms with Crippen LogP contribution < -0.4 is 0 Å². The third-order valence-electron chi connectivity index (χ3n) is 7.27. The average Bonchev–Trinajstić information content (AvgIpc) is 3.47. The van der Waals surface area contributed by atoms with Crippen LogP contribution in [-0.2, 0) is 36.2 Å². The fourth-order valence-corrected chi connectivity index (χ4v) is 4.90. The molecule has 2 heteroatoms. The Labute approximate surface area is 267 Å². The minimum atomic E-state index is 0. The number of fused-ring (bicyclic) bond motifs is 2. The van der Waals surface area contributed by atoms with Gasteiger partial charge in [-0.3, -0.25) is 0 Å². The number of aryl methyl sites for hydroxylation is 2. The van der Waals surface area contributed by atoms with Gasteiger partial charge in [0.05, 0.1) is 0 Å². The molecule has 0 amide bonds. The first-order valence-electron chi connectivity index (χ1n) is 13.8. The predicted molar refractivity (Wildman–Crippen MR) is 186 cm³/mol. The van der Waals surface area contributed by atoms with E-state index in [4.69, 9.17) is 0 Å². The fraction of sp³-hybridized carbons (Fsp3) is 0.421. The summed E-state index contributed by atoms with van der Waals surface area (Å²) < 4.78 is 0. The Kier molecular flexibility index (Phi) is 21.4. The van der Waals surface area contributed by atoms with Crippen LogP contribution in [0.3, 0.4) is 0 Å². The molecule has 0 spiro atoms. The molecule has 4 aromatic carbocycles. The second-order valence-corrected chi connectivity index (χ2v) is 11.3. The predicted octanol–water partition coefficient (Wildman–Crippen LogP) is 12.2. The van der Waals surface area contributed by atoms with E-state index in [0.717, 1.165) is 12.8 Å². The maximum absolute atomic E-state index is 3.06. The molecule has 0 bridgehead atoms. The van der Waals surface area contributed by atoms with Gasteiger partial charge in [0.2, 0.25) is 0 Å². The number of hydrogen-bond donors (Lipinski definition) is 0. The van der Waals surface area contributed by atoms with Crippen LogP contribution >= 0.6 is 0 Å². The normalized spacial score (nSPS) is 10.2. The summed E-state index contributed by atoms with van der Waals surface area (Å²) in [4.78, 5) is 0. The van der Waals surface area contributed by atoms with E-state index in [9.17, 15) is 0 Å². The van der Waals surface area contributed by atoms with Gasteiger partial charge in [-0.1, -0.05) is 104 Å². The van der Waals surface area contributed by atoms with Crippen LogP contribution in [0.1, 0.15) is 126 Å². The third kappa shape index (κ3) is 10.5. The van der Waals surface area contributed by atoms with Crippen molar-refractivity contribution in [2.75, 3.05) is 0 Å². The van der Waals surface area contributed by atoms with Crippen LogP contribution in [0, 0.1) is 29.7 Å². The van der Waals surface area contributed by atoms with E-state index in [2.05, 4.69) is 125 Å². The molecule has 0 aliphatic rings. The van der Waals surface area contributed by atoms with E-state index in [0.29, 0.717) is 23.7 Å². The molecule has 4 aromatic rings. The Bertz CT molecular complexity index is 1150. The molecule has 2 radical (unpaired) electrons. The van der Waals surface area contributed by atoms with Gasteiger partial charge in [-0.15, -0.1) is 56.9 Å². The fourth-order valence-electron chi connectivity index (χ4n) is 4.90. The van der Waals surface area contributed by atoms with Crippen molar-refractivity contribution in [2.45, 2.75) is 106 Å². The Morgan fingerprint density at radius 2 is 0.825 bits per heavy atom. The van der Waals surface area contributed by atoms with Gasteiger partial charge in [0.15, 0.2) is 0 Å². The molecular formula is C38H58SiZr-6. The molecule has 4 rings (SSSR count). The maximum atomic E-state index is 3.06. The van der Waals surface area contributed by atoms with Crippen molar-refractivity contribution in [1.82, 2.24) is 0 Å². The molecule has 0 saturated heterocycles. The van der Waals surface area contributed by atoms with Crippen molar-refractivity contribution < 1.29 is 23.3 Å². The number of hydrogen-bond acceptors (Lipinski definition) is 0. The SMILES string of the molecule is CCc1cc2c(C(C)C)cc(C(C)C)cc2[cH-]1.CCc1cc2c(C(C)C)cc(C(C)C)cc2[cH-]1.[CH3-].[CH3-].[CH3-].[CH3-].[Si]=[Zr]. The number of rotatable bonds is 6. The van der Waals surface area contributed by atoms with Crippen LogP contribution in [0.5, 0.6) is 0 Å². The Morgan fingerprint density at radius 3 is 1.05 bits per heavy atom. The third-order valence-corrected chi connectivity index (χ3v) is 7.27. The van der Waals surface area contributed by atoms with Crippen molar-refractivity contribution in [2.24, 2.45) is 0 Å². The van der Waals surface area contributed by atoms with E-state index < -0.39 is 0 Å². The van der Waals surface area contributed by atoms with Crippen molar-refractivity contribution in [3.8, 4) is 0 Å². The van der Waals surface area contributed by atoms with Gasteiger partial charge in [0, 0.05) is 0 Å². The summed E-state index contributed by atoms with van der Waals surface area (Å²) in [6.45, 7) is 25.8. The van der Waals surface area contributed by atoms with Gasteiger partial charge in [-0.2, -0.15) is 12.1 Å². The summed E-state index contributed by atoms with van der Waals surface area (Å²) >= 11 is 1.36. The second kappa shape index (κ2) is 19.8. The Balaban J connectivity index is -0.000000589. The minimum absolute atomic E-state index is 0. The van der Waals surface area contributed by atoms with E-state index >= 15 is 0 Å². The molecule has 0 aliphatic heterocycles. The van der Waals surface area contributed by atoms with Crippen LogP contribution in [-0.4, -0.2) is 6.88 Å². The molecule has 0 fully saturated rings. The molecule has 0 N–H and O–H groups in total. The molecule has 0 heterocycles. The zero-order valence-corrected chi connectivity index (χ0v) is 31.8. The van der Waals surface area contributed by atoms with Crippen LogP contribution in [0.2, 0.25) is 0 Å². The van der Waals surface area contributed by atoms with Crippen LogP contribution in [0.4, 0.5) is 0 Å². The van der Waals surface area contributed by atoms with Crippen molar-refractivity contribution >= 4 is 28.4 Å². The topological polar surface area (TPSA) is 0 Å². The van der Waals surface area contributed by atoms with Crippen molar-refractivity contribution in [3.63, 3.8) is 0 Å². The van der Waals surface area contributed by atoms with Crippen LogP contribution in [0.25, 0.3) is 21.5 Å². The summed E-state index contributed by atoms with van der Waals surface area (Å²) in [6, 6.07) is 19.0. The monoisotopic (exact) mass is 632 g/mol. The van der Waals surface area contributed by atoms with E-state index in [1.54, 1.807) is 0 Å². The summed E-state index contributed by atoms with van der Waals surface area (Å²) in [6.07, 6.45) is 2.26. The standard InChI is InChI=1S/2C17H23.4CH3.Si.Zr/c2*1-6-13-7-15-9-14(11(2)3)10-16(12(4)5)17(15)8-13;;;;;;/h2*7-12H,6H2,1-5H3;4*1H3;;/q6*-1;;. The number of benzene rings is 2. The van der Waals surface area contributed by atoms with Gasteiger partial charge in [-0.25, -0.2) is 0 Å². The summed E-state index contributed by atoms with van der Waals surface area (Å²) in [5.41, 5.74) is 8.87. The van der Waals surface area contributed by atoms with Crippen LogP contribution in [0.15, 0.2) is 48.5 Å². The Hall–Kier alpha value is -1.24. The quantitative estimate of drug-likeness (QED) is 0.146. The molecule has 0 unspecified atom stereocenters. The van der Waals surface area contributed by atoms with Gasteiger partial charge >= 0.3 is 30.2 Å². The molecule has 40 heavy (non-hydrogen) atoms. The average molecular weight is 634 g/mol. The summed E-state index contributed by atoms with van der Waals surface area (Å²) in [7, 11) is 0. The molecule has 0 atom stereocenters. The molecular weight excluding hydrogens is 576 g/mol. The van der Waals surface area contributed by atoms with E-state index in [-0.39, 0.29) is 29.7 Å². The molecule has 0 aliphatic carbocycles. The van der Waals surface area contributed by atoms with Gasteiger partial charge < -0.3 is 29.7 Å². The zero-order valence-electron chi connectivity index (χ0n) is 28.3. The first-order valence-corrected chi connectivity index (χ1v) is 18.0. The first kappa shape index (κ1) is 43.2. The zero-order chi connectivity index (χ0) is 27.2. The summed E-state index contributed by atoms with van der Waals surface area (Å²) in [5, 5.41) is 5.77. The first-order chi connectivity index (χ1) is 17.0. The van der Waals surface area contributed by atoms with E-state index in [1.165, 1.54) is 78.3 Å². The molecule has 0 nitrogen and oxygen atoms in total. The van der Waals surface area contributed by atoms with Gasteiger partial charge in [0.25, 0.3) is 0 Å². The van der Waals surface area contributed by atoms with Crippen molar-refractivity contribution in [3.05, 3.63) is 112 Å². The summed E-state index contributed by atoms with van der Waals surface area (Å²) in [5.74, 6) is 2.42. The molecule has 0 saturated carbocycles. The van der Waals surface area contributed by atoms with Gasteiger partial charge in [-0.05, 0) is 36.5 Å². The van der Waals surface area contributed by atoms with Crippen molar-refractivity contribution in [1.29, 1.82) is 0 Å². The Morgan fingerprint density at radius 1 is 0.525 bits per heavy atom. The molecule has 0 aromatic heterocycles. The van der Waals surface area contributed by atoms with Gasteiger partial charge in [0.1, 0.15) is 0 Å². The van der Waals surface area contributed by atoms with E-state index in [1.807, 2.05) is 0 Å². The second-order valence-electron chi connectivity index (χ2n) is 11.3.